The maximum absolute atomic E-state index is 12.6. The van der Waals surface area contributed by atoms with Crippen LogP contribution in [0.1, 0.15) is 44.5 Å². The van der Waals surface area contributed by atoms with Gasteiger partial charge >= 0.3 is 0 Å². The molecule has 6 heteroatoms. The zero-order valence-electron chi connectivity index (χ0n) is 14.5. The number of carbonyl (C=O) groups is 2. The predicted molar refractivity (Wildman–Crippen MR) is 93.4 cm³/mol. The molecular formula is C17H27N3O2S. The highest BCUT2D eigenvalue weighted by molar-refractivity contribution is 7.10. The monoisotopic (exact) mass is 337 g/mol. The van der Waals surface area contributed by atoms with Crippen LogP contribution < -0.4 is 5.32 Å². The maximum atomic E-state index is 12.6. The lowest BCUT2D eigenvalue weighted by Gasteiger charge is -2.27. The standard InChI is InChI=1S/C17H27N3O2S/c1-17(2,3)18-15(21)11-19(4)12-16(22)20-9-5-7-13(20)14-8-6-10-23-14/h6,8,10,13H,5,7,9,11-12H2,1-4H3,(H,18,21). The Morgan fingerprint density at radius 3 is 2.74 bits per heavy atom. The van der Waals surface area contributed by atoms with Gasteiger partial charge in [-0.3, -0.25) is 14.5 Å². The molecule has 2 rings (SSSR count). The molecule has 1 aromatic rings. The van der Waals surface area contributed by atoms with Gasteiger partial charge in [-0.25, -0.2) is 0 Å². The summed E-state index contributed by atoms with van der Waals surface area (Å²) >= 11 is 1.71. The van der Waals surface area contributed by atoms with Gasteiger partial charge < -0.3 is 10.2 Å². The highest BCUT2D eigenvalue weighted by Gasteiger charge is 2.31. The minimum atomic E-state index is -0.249. The fraction of sp³-hybridized carbons (Fsp3) is 0.647. The molecule has 1 unspecified atom stereocenters. The Balaban J connectivity index is 1.87. The molecule has 0 saturated carbocycles. The van der Waals surface area contributed by atoms with Gasteiger partial charge in [0.25, 0.3) is 0 Å². The summed E-state index contributed by atoms with van der Waals surface area (Å²) in [7, 11) is 1.82. The first-order valence-electron chi connectivity index (χ1n) is 8.09. The van der Waals surface area contributed by atoms with Crippen molar-refractivity contribution in [3.8, 4) is 0 Å². The molecule has 1 aliphatic heterocycles. The Kier molecular flexibility index (Phi) is 5.81. The Labute approximate surface area is 142 Å². The minimum Gasteiger partial charge on any atom is -0.350 e. The number of hydrogen-bond acceptors (Lipinski definition) is 4. The topological polar surface area (TPSA) is 52.7 Å². The quantitative estimate of drug-likeness (QED) is 0.897. The van der Waals surface area contributed by atoms with Gasteiger partial charge in [-0.05, 0) is 52.1 Å². The zero-order valence-corrected chi connectivity index (χ0v) is 15.3. The van der Waals surface area contributed by atoms with E-state index in [1.165, 1.54) is 4.88 Å². The number of nitrogens with one attached hydrogen (secondary N) is 1. The van der Waals surface area contributed by atoms with Gasteiger partial charge in [0.2, 0.25) is 11.8 Å². The number of likely N-dealkylation sites (N-methyl/N-ethyl adjacent to an activating group) is 1. The highest BCUT2D eigenvalue weighted by atomic mass is 32.1. The molecule has 0 aromatic carbocycles. The highest BCUT2D eigenvalue weighted by Crippen LogP contribution is 2.34. The van der Waals surface area contributed by atoms with E-state index in [1.54, 1.807) is 16.2 Å². The maximum Gasteiger partial charge on any atom is 0.237 e. The van der Waals surface area contributed by atoms with Crippen LogP contribution in [0.4, 0.5) is 0 Å². The second-order valence-electron chi connectivity index (χ2n) is 7.23. The molecule has 0 bridgehead atoms. The molecule has 5 nitrogen and oxygen atoms in total. The van der Waals surface area contributed by atoms with Crippen LogP contribution >= 0.6 is 11.3 Å². The molecular weight excluding hydrogens is 310 g/mol. The van der Waals surface area contributed by atoms with E-state index < -0.39 is 0 Å². The molecule has 2 amide bonds. The van der Waals surface area contributed by atoms with E-state index in [4.69, 9.17) is 0 Å². The minimum absolute atomic E-state index is 0.0518. The van der Waals surface area contributed by atoms with E-state index in [2.05, 4.69) is 16.8 Å². The summed E-state index contributed by atoms with van der Waals surface area (Å²) in [5, 5.41) is 4.97. The van der Waals surface area contributed by atoms with Crippen LogP contribution in [0.5, 0.6) is 0 Å². The molecule has 1 fully saturated rings. The summed E-state index contributed by atoms with van der Waals surface area (Å²) in [6.45, 7) is 7.17. The van der Waals surface area contributed by atoms with Crippen LogP contribution in [0.3, 0.4) is 0 Å². The van der Waals surface area contributed by atoms with Crippen LogP contribution in [0.15, 0.2) is 17.5 Å². The van der Waals surface area contributed by atoms with Crippen molar-refractivity contribution in [1.82, 2.24) is 15.1 Å². The molecule has 2 heterocycles. The number of thiophene rings is 1. The number of likely N-dealkylation sites (tertiary alicyclic amines) is 1. The predicted octanol–water partition coefficient (Wildman–Crippen LogP) is 2.26. The zero-order chi connectivity index (χ0) is 17.0. The SMILES string of the molecule is CN(CC(=O)NC(C)(C)C)CC(=O)N1CCCC1c1cccs1. The molecule has 1 N–H and O–H groups in total. The van der Waals surface area contributed by atoms with Crippen molar-refractivity contribution < 1.29 is 9.59 Å². The van der Waals surface area contributed by atoms with Crippen LogP contribution in [-0.2, 0) is 9.59 Å². The van der Waals surface area contributed by atoms with Crippen molar-refractivity contribution in [3.63, 3.8) is 0 Å². The molecule has 0 spiro atoms. The molecule has 1 aliphatic rings. The molecule has 1 aromatic heterocycles. The normalized spacial score (nSPS) is 18.5. The summed E-state index contributed by atoms with van der Waals surface area (Å²) in [5.41, 5.74) is -0.249. The summed E-state index contributed by atoms with van der Waals surface area (Å²) in [6.07, 6.45) is 2.07. The van der Waals surface area contributed by atoms with Crippen LogP contribution in [0.25, 0.3) is 0 Å². The van der Waals surface area contributed by atoms with E-state index in [0.717, 1.165) is 19.4 Å². The lowest BCUT2D eigenvalue weighted by Crippen LogP contribution is -2.47. The summed E-state index contributed by atoms with van der Waals surface area (Å²) in [4.78, 5) is 29.5. The smallest absolute Gasteiger partial charge is 0.237 e. The van der Waals surface area contributed by atoms with E-state index in [9.17, 15) is 9.59 Å². The van der Waals surface area contributed by atoms with Gasteiger partial charge in [0.05, 0.1) is 19.1 Å². The Morgan fingerprint density at radius 2 is 2.13 bits per heavy atom. The van der Waals surface area contributed by atoms with E-state index in [-0.39, 0.29) is 36.5 Å². The van der Waals surface area contributed by atoms with Crippen LogP contribution in [0.2, 0.25) is 0 Å². The van der Waals surface area contributed by atoms with Crippen LogP contribution in [0, 0.1) is 0 Å². The summed E-state index contributed by atoms with van der Waals surface area (Å²) < 4.78 is 0. The third kappa shape index (κ3) is 5.32. The van der Waals surface area contributed by atoms with Crippen molar-refractivity contribution in [2.45, 2.75) is 45.2 Å². The largest absolute Gasteiger partial charge is 0.350 e. The van der Waals surface area contributed by atoms with E-state index in [1.807, 2.05) is 38.8 Å². The number of rotatable bonds is 5. The summed E-state index contributed by atoms with van der Waals surface area (Å²) in [6, 6.07) is 4.34. The molecule has 128 valence electrons. The molecule has 23 heavy (non-hydrogen) atoms. The average Bonchev–Trinajstić information content (AvgIpc) is 3.07. The van der Waals surface area contributed by atoms with Crippen molar-refractivity contribution in [1.29, 1.82) is 0 Å². The molecule has 1 saturated heterocycles. The second-order valence-corrected chi connectivity index (χ2v) is 8.21. The van der Waals surface area contributed by atoms with Gasteiger partial charge in [-0.2, -0.15) is 0 Å². The third-order valence-corrected chi connectivity index (χ3v) is 4.75. The molecule has 0 radical (unpaired) electrons. The number of hydrogen-bond donors (Lipinski definition) is 1. The van der Waals surface area contributed by atoms with Gasteiger partial charge in [0, 0.05) is 17.0 Å². The average molecular weight is 337 g/mol. The summed E-state index contributed by atoms with van der Waals surface area (Å²) in [5.74, 6) is 0.0518. The lowest BCUT2D eigenvalue weighted by atomic mass is 10.1. The van der Waals surface area contributed by atoms with Crippen molar-refractivity contribution in [3.05, 3.63) is 22.4 Å². The van der Waals surface area contributed by atoms with Gasteiger partial charge in [-0.1, -0.05) is 6.07 Å². The Hall–Kier alpha value is -1.40. The number of nitrogens with zero attached hydrogens (tertiary/aromatic N) is 2. The van der Waals surface area contributed by atoms with Crippen molar-refractivity contribution in [2.24, 2.45) is 0 Å². The Morgan fingerprint density at radius 1 is 1.39 bits per heavy atom. The van der Waals surface area contributed by atoms with Gasteiger partial charge in [0.1, 0.15) is 0 Å². The number of amides is 2. The van der Waals surface area contributed by atoms with Crippen molar-refractivity contribution >= 4 is 23.2 Å². The fourth-order valence-electron chi connectivity index (χ4n) is 2.92. The first-order chi connectivity index (χ1) is 10.8. The van der Waals surface area contributed by atoms with Gasteiger partial charge in [-0.15, -0.1) is 11.3 Å². The van der Waals surface area contributed by atoms with Crippen LogP contribution in [-0.4, -0.2) is 53.8 Å². The van der Waals surface area contributed by atoms with E-state index in [0.29, 0.717) is 0 Å². The molecule has 0 aliphatic carbocycles. The first kappa shape index (κ1) is 17.9. The number of carbonyl (C=O) groups excluding carboxylic acids is 2. The van der Waals surface area contributed by atoms with E-state index >= 15 is 0 Å². The first-order valence-corrected chi connectivity index (χ1v) is 8.96. The second kappa shape index (κ2) is 7.45. The lowest BCUT2D eigenvalue weighted by molar-refractivity contribution is -0.133. The third-order valence-electron chi connectivity index (χ3n) is 3.78. The fourth-order valence-corrected chi connectivity index (χ4v) is 3.80. The van der Waals surface area contributed by atoms with Crippen molar-refractivity contribution in [2.75, 3.05) is 26.7 Å². The molecule has 1 atom stereocenters. The van der Waals surface area contributed by atoms with Gasteiger partial charge in [0.15, 0.2) is 0 Å². The Bertz CT molecular complexity index is 537.